The predicted octanol–water partition coefficient (Wildman–Crippen LogP) is 1.28. The van der Waals surface area contributed by atoms with Gasteiger partial charge in [0.05, 0.1) is 12.1 Å². The van der Waals surface area contributed by atoms with E-state index >= 15 is 0 Å². The van der Waals surface area contributed by atoms with Gasteiger partial charge in [-0.15, -0.1) is 11.3 Å². The normalized spacial score (nSPS) is 11.5. The second-order valence-corrected chi connectivity index (χ2v) is 7.25. The number of carboxylic acid groups (broad SMARTS) is 1. The molecule has 112 valence electrons. The number of aromatic carboxylic acids is 1. The van der Waals surface area contributed by atoms with Crippen LogP contribution in [0.15, 0.2) is 28.7 Å². The van der Waals surface area contributed by atoms with Crippen LogP contribution in [-0.2, 0) is 23.0 Å². The lowest BCUT2D eigenvalue weighted by atomic mass is 10.3. The van der Waals surface area contributed by atoms with Gasteiger partial charge in [0.1, 0.15) is 10.0 Å². The van der Waals surface area contributed by atoms with Gasteiger partial charge in [-0.3, -0.25) is 0 Å². The van der Waals surface area contributed by atoms with E-state index in [4.69, 9.17) is 5.11 Å². The molecule has 0 spiro atoms. The second kappa shape index (κ2) is 6.29. The number of carbonyl (C=O) groups is 1. The quantitative estimate of drug-likeness (QED) is 0.827. The van der Waals surface area contributed by atoms with Crippen molar-refractivity contribution in [3.8, 4) is 0 Å². The van der Waals surface area contributed by atoms with E-state index in [0.717, 1.165) is 23.7 Å². The Morgan fingerprint density at radius 1 is 1.33 bits per heavy atom. The summed E-state index contributed by atoms with van der Waals surface area (Å²) in [6, 6.07) is 3.33. The summed E-state index contributed by atoms with van der Waals surface area (Å²) >= 11 is 1.21. The molecule has 7 nitrogen and oxygen atoms in total. The molecule has 0 bridgehead atoms. The van der Waals surface area contributed by atoms with Crippen LogP contribution in [-0.4, -0.2) is 29.5 Å². The Morgan fingerprint density at radius 3 is 2.52 bits per heavy atom. The highest BCUT2D eigenvalue weighted by atomic mass is 32.2. The fourth-order valence-electron chi connectivity index (χ4n) is 1.48. The third-order valence-electron chi connectivity index (χ3n) is 2.62. The zero-order valence-electron chi connectivity index (χ0n) is 11.1. The number of rotatable bonds is 6. The van der Waals surface area contributed by atoms with Crippen molar-refractivity contribution < 1.29 is 18.3 Å². The molecule has 2 N–H and O–H groups in total. The maximum atomic E-state index is 12.1. The van der Waals surface area contributed by atoms with Gasteiger partial charge in [0, 0.05) is 17.3 Å². The SMILES string of the molecule is CCc1ccc(S(=O)(=O)NCc2ncc(C(=O)O)cn2)s1. The third-order valence-corrected chi connectivity index (χ3v) is 5.75. The summed E-state index contributed by atoms with van der Waals surface area (Å²) in [5.74, 6) is -0.927. The Hall–Kier alpha value is -1.84. The number of aryl methyl sites for hydroxylation is 1. The first-order valence-corrected chi connectivity index (χ1v) is 8.35. The average molecular weight is 327 g/mol. The van der Waals surface area contributed by atoms with Crippen LogP contribution in [0.25, 0.3) is 0 Å². The van der Waals surface area contributed by atoms with Crippen LogP contribution in [0.4, 0.5) is 0 Å². The van der Waals surface area contributed by atoms with Crippen LogP contribution >= 0.6 is 11.3 Å². The van der Waals surface area contributed by atoms with Gasteiger partial charge in [0.25, 0.3) is 0 Å². The summed E-state index contributed by atoms with van der Waals surface area (Å²) in [5.41, 5.74) is -0.0487. The van der Waals surface area contributed by atoms with E-state index in [-0.39, 0.29) is 22.1 Å². The summed E-state index contributed by atoms with van der Waals surface area (Å²) in [5, 5.41) is 8.72. The Labute approximate surface area is 125 Å². The first kappa shape index (κ1) is 15.5. The summed E-state index contributed by atoms with van der Waals surface area (Å²) in [6.07, 6.45) is 3.05. The minimum atomic E-state index is -3.60. The lowest BCUT2D eigenvalue weighted by Gasteiger charge is -2.03. The van der Waals surface area contributed by atoms with Gasteiger partial charge in [-0.05, 0) is 18.6 Å². The molecule has 0 fully saturated rings. The molecule has 0 saturated heterocycles. The highest BCUT2D eigenvalue weighted by Crippen LogP contribution is 2.21. The van der Waals surface area contributed by atoms with Crippen molar-refractivity contribution >= 4 is 27.3 Å². The highest BCUT2D eigenvalue weighted by Gasteiger charge is 2.17. The topological polar surface area (TPSA) is 109 Å². The first-order valence-electron chi connectivity index (χ1n) is 6.05. The number of nitrogens with zero attached hydrogens (tertiary/aromatic N) is 2. The second-order valence-electron chi connectivity index (χ2n) is 4.09. The zero-order chi connectivity index (χ0) is 15.5. The molecule has 0 unspecified atom stereocenters. The number of sulfonamides is 1. The fourth-order valence-corrected chi connectivity index (χ4v) is 3.80. The number of hydrogen-bond donors (Lipinski definition) is 2. The van der Waals surface area contributed by atoms with Gasteiger partial charge in [0.2, 0.25) is 10.0 Å². The molecular weight excluding hydrogens is 314 g/mol. The molecule has 0 aliphatic carbocycles. The summed E-state index contributed by atoms with van der Waals surface area (Å²) in [6.45, 7) is 1.86. The van der Waals surface area contributed by atoms with E-state index in [0.29, 0.717) is 0 Å². The smallest absolute Gasteiger partial charge is 0.338 e. The van der Waals surface area contributed by atoms with Crippen LogP contribution in [0.2, 0.25) is 0 Å². The van der Waals surface area contributed by atoms with Crippen LogP contribution < -0.4 is 4.72 Å². The van der Waals surface area contributed by atoms with Crippen molar-refractivity contribution in [1.29, 1.82) is 0 Å². The lowest BCUT2D eigenvalue weighted by Crippen LogP contribution is -2.23. The number of hydrogen-bond acceptors (Lipinski definition) is 6. The molecule has 9 heteroatoms. The van der Waals surface area contributed by atoms with Crippen LogP contribution in [0.5, 0.6) is 0 Å². The van der Waals surface area contributed by atoms with Crippen LogP contribution in [0, 0.1) is 0 Å². The summed E-state index contributed by atoms with van der Waals surface area (Å²) < 4.78 is 26.7. The summed E-state index contributed by atoms with van der Waals surface area (Å²) in [7, 11) is -3.60. The lowest BCUT2D eigenvalue weighted by molar-refractivity contribution is 0.0696. The Kier molecular flexibility index (Phi) is 4.66. The molecule has 0 atom stereocenters. The minimum absolute atomic E-state index is 0.0487. The number of carboxylic acids is 1. The monoisotopic (exact) mass is 327 g/mol. The highest BCUT2D eigenvalue weighted by molar-refractivity contribution is 7.91. The fraction of sp³-hybridized carbons (Fsp3) is 0.250. The molecule has 2 rings (SSSR count). The number of nitrogens with one attached hydrogen (secondary N) is 1. The molecule has 2 aromatic heterocycles. The van der Waals surface area contributed by atoms with Gasteiger partial charge in [-0.1, -0.05) is 6.92 Å². The van der Waals surface area contributed by atoms with Gasteiger partial charge in [-0.2, -0.15) is 0 Å². The van der Waals surface area contributed by atoms with Gasteiger partial charge >= 0.3 is 5.97 Å². The largest absolute Gasteiger partial charge is 0.478 e. The molecule has 2 aromatic rings. The molecule has 0 saturated carbocycles. The Morgan fingerprint density at radius 2 is 2.00 bits per heavy atom. The zero-order valence-corrected chi connectivity index (χ0v) is 12.7. The third kappa shape index (κ3) is 3.84. The standard InChI is InChI=1S/C12H13N3O4S2/c1-2-9-3-4-11(20-9)21(18,19)15-7-10-13-5-8(6-14-10)12(16)17/h3-6,15H,2,7H2,1H3,(H,16,17). The maximum Gasteiger partial charge on any atom is 0.338 e. The van der Waals surface area contributed by atoms with E-state index in [9.17, 15) is 13.2 Å². The van der Waals surface area contributed by atoms with Gasteiger partial charge in [0.15, 0.2) is 0 Å². The Bertz CT molecular complexity index is 738. The number of aromatic nitrogens is 2. The molecule has 0 aliphatic rings. The average Bonchev–Trinajstić information content (AvgIpc) is 2.95. The summed E-state index contributed by atoms with van der Waals surface area (Å²) in [4.78, 5) is 19.2. The predicted molar refractivity (Wildman–Crippen MR) is 76.7 cm³/mol. The molecule has 2 heterocycles. The van der Waals surface area contributed by atoms with Crippen molar-refractivity contribution in [3.63, 3.8) is 0 Å². The van der Waals surface area contributed by atoms with Crippen molar-refractivity contribution in [2.45, 2.75) is 24.1 Å². The van der Waals surface area contributed by atoms with Crippen molar-refractivity contribution in [2.24, 2.45) is 0 Å². The van der Waals surface area contributed by atoms with Crippen molar-refractivity contribution in [1.82, 2.24) is 14.7 Å². The van der Waals surface area contributed by atoms with E-state index < -0.39 is 16.0 Å². The molecular formula is C12H13N3O4S2. The molecule has 0 radical (unpaired) electrons. The van der Waals surface area contributed by atoms with E-state index in [1.54, 1.807) is 12.1 Å². The van der Waals surface area contributed by atoms with E-state index in [1.165, 1.54) is 11.3 Å². The van der Waals surface area contributed by atoms with Gasteiger partial charge in [-0.25, -0.2) is 27.9 Å². The van der Waals surface area contributed by atoms with Crippen molar-refractivity contribution in [3.05, 3.63) is 40.8 Å². The molecule has 21 heavy (non-hydrogen) atoms. The van der Waals surface area contributed by atoms with Gasteiger partial charge < -0.3 is 5.11 Å². The molecule has 0 aliphatic heterocycles. The first-order chi connectivity index (χ1) is 9.92. The van der Waals surface area contributed by atoms with Crippen LogP contribution in [0.3, 0.4) is 0 Å². The van der Waals surface area contributed by atoms with Crippen LogP contribution in [0.1, 0.15) is 28.0 Å². The molecule has 0 aromatic carbocycles. The molecule has 0 amide bonds. The number of thiophene rings is 1. The van der Waals surface area contributed by atoms with Crippen molar-refractivity contribution in [2.75, 3.05) is 0 Å². The maximum absolute atomic E-state index is 12.1. The van der Waals surface area contributed by atoms with E-state index in [2.05, 4.69) is 14.7 Å². The Balaban J connectivity index is 2.06. The minimum Gasteiger partial charge on any atom is -0.478 e. The van der Waals surface area contributed by atoms with E-state index in [1.807, 2.05) is 6.92 Å².